The van der Waals surface area contributed by atoms with Crippen molar-refractivity contribution in [2.45, 2.75) is 31.7 Å². The van der Waals surface area contributed by atoms with Crippen LogP contribution in [0.2, 0.25) is 0 Å². The van der Waals surface area contributed by atoms with Crippen molar-refractivity contribution in [3.05, 3.63) is 17.8 Å². The molecule has 2 heterocycles. The predicted octanol–water partition coefficient (Wildman–Crippen LogP) is 2.20. The molecule has 1 aromatic rings. The highest BCUT2D eigenvalue weighted by molar-refractivity contribution is 6.16. The first-order valence-electron chi connectivity index (χ1n) is 4.96. The van der Waals surface area contributed by atoms with Crippen molar-refractivity contribution in [3.8, 4) is 0 Å². The third-order valence-corrected chi connectivity index (χ3v) is 2.96. The third kappa shape index (κ3) is 1.82. The fraction of sp³-hybridized carbons (Fsp3) is 0.600. The lowest BCUT2D eigenvalue weighted by Crippen LogP contribution is -2.27. The van der Waals surface area contributed by atoms with Gasteiger partial charge in [-0.15, -0.1) is 16.7 Å². The van der Waals surface area contributed by atoms with Crippen LogP contribution in [0.4, 0.5) is 5.82 Å². The monoisotopic (exact) mass is 211 g/mol. The van der Waals surface area contributed by atoms with Crippen molar-refractivity contribution in [2.75, 3.05) is 11.4 Å². The van der Waals surface area contributed by atoms with Crippen LogP contribution in [0.25, 0.3) is 0 Å². The lowest BCUT2D eigenvalue weighted by atomic mass is 10.2. The summed E-state index contributed by atoms with van der Waals surface area (Å²) in [5, 5.41) is 8.23. The molecule has 0 spiro atoms. The Hall–Kier alpha value is -0.830. The van der Waals surface area contributed by atoms with Crippen molar-refractivity contribution < 1.29 is 0 Å². The Morgan fingerprint density at radius 3 is 2.86 bits per heavy atom. The molecule has 0 bridgehead atoms. The lowest BCUT2D eigenvalue weighted by molar-refractivity contribution is 0.719. The second-order valence-corrected chi connectivity index (χ2v) is 3.97. The number of hydrogen-bond acceptors (Lipinski definition) is 3. The van der Waals surface area contributed by atoms with Gasteiger partial charge in [0.1, 0.15) is 0 Å². The molecule has 1 fully saturated rings. The van der Waals surface area contributed by atoms with Gasteiger partial charge in [-0.1, -0.05) is 0 Å². The van der Waals surface area contributed by atoms with E-state index in [4.69, 9.17) is 11.6 Å². The Morgan fingerprint density at radius 2 is 2.36 bits per heavy atom. The highest BCUT2D eigenvalue weighted by Crippen LogP contribution is 2.22. The molecule has 14 heavy (non-hydrogen) atoms. The molecule has 0 amide bonds. The normalized spacial score (nSPS) is 21.6. The molecule has 76 valence electrons. The zero-order valence-corrected chi connectivity index (χ0v) is 9.04. The summed E-state index contributed by atoms with van der Waals surface area (Å²) in [5.41, 5.74) is 0.835. The Kier molecular flexibility index (Phi) is 2.87. The van der Waals surface area contributed by atoms with Gasteiger partial charge in [0.15, 0.2) is 5.82 Å². The molecule has 1 saturated heterocycles. The minimum atomic E-state index is 0.433. The van der Waals surface area contributed by atoms with E-state index in [1.54, 1.807) is 0 Å². The van der Waals surface area contributed by atoms with Gasteiger partial charge in [-0.2, -0.15) is 5.10 Å². The van der Waals surface area contributed by atoms with Crippen molar-refractivity contribution in [2.24, 2.45) is 0 Å². The van der Waals surface area contributed by atoms with E-state index in [1.807, 2.05) is 12.1 Å². The number of alkyl halides is 1. The van der Waals surface area contributed by atoms with Crippen molar-refractivity contribution in [1.29, 1.82) is 0 Å². The first-order valence-corrected chi connectivity index (χ1v) is 5.50. The smallest absolute Gasteiger partial charge is 0.151 e. The standard InChI is InChI=1S/C10H14ClN3/c1-8-3-2-6-14(8)10-5-4-9(7-11)12-13-10/h4-5,8H,2-3,6-7H2,1H3. The van der Waals surface area contributed by atoms with Gasteiger partial charge >= 0.3 is 0 Å². The van der Waals surface area contributed by atoms with E-state index in [0.29, 0.717) is 11.9 Å². The second kappa shape index (κ2) is 4.13. The lowest BCUT2D eigenvalue weighted by Gasteiger charge is -2.21. The first-order chi connectivity index (χ1) is 6.81. The van der Waals surface area contributed by atoms with E-state index in [9.17, 15) is 0 Å². The fourth-order valence-corrected chi connectivity index (χ4v) is 1.99. The molecule has 0 N–H and O–H groups in total. The predicted molar refractivity (Wildman–Crippen MR) is 57.6 cm³/mol. The van der Waals surface area contributed by atoms with Crippen LogP contribution in [0.1, 0.15) is 25.5 Å². The van der Waals surface area contributed by atoms with Crippen LogP contribution in [-0.4, -0.2) is 22.8 Å². The van der Waals surface area contributed by atoms with Crippen LogP contribution in [0.5, 0.6) is 0 Å². The molecule has 0 aliphatic carbocycles. The summed E-state index contributed by atoms with van der Waals surface area (Å²) in [6.07, 6.45) is 2.50. The average Bonchev–Trinajstić information content (AvgIpc) is 2.65. The zero-order chi connectivity index (χ0) is 9.97. The molecule has 1 atom stereocenters. The Labute approximate surface area is 89.1 Å². The summed E-state index contributed by atoms with van der Waals surface area (Å²) in [5.74, 6) is 1.41. The molecule has 1 aliphatic heterocycles. The molecule has 1 aromatic heterocycles. The molecule has 2 rings (SSSR count). The number of nitrogens with zero attached hydrogens (tertiary/aromatic N) is 3. The molecule has 3 nitrogen and oxygen atoms in total. The Bertz CT molecular complexity index is 299. The highest BCUT2D eigenvalue weighted by Gasteiger charge is 2.21. The van der Waals surface area contributed by atoms with Gasteiger partial charge in [-0.25, -0.2) is 0 Å². The van der Waals surface area contributed by atoms with Crippen LogP contribution in [0.15, 0.2) is 12.1 Å². The van der Waals surface area contributed by atoms with Crippen LogP contribution in [0.3, 0.4) is 0 Å². The number of anilines is 1. The van der Waals surface area contributed by atoms with Crippen LogP contribution in [0, 0.1) is 0 Å². The minimum Gasteiger partial charge on any atom is -0.352 e. The topological polar surface area (TPSA) is 29.0 Å². The number of aromatic nitrogens is 2. The van der Waals surface area contributed by atoms with Crippen molar-refractivity contribution in [1.82, 2.24) is 10.2 Å². The molecule has 1 aliphatic rings. The largest absolute Gasteiger partial charge is 0.352 e. The van der Waals surface area contributed by atoms with Crippen LogP contribution >= 0.6 is 11.6 Å². The van der Waals surface area contributed by atoms with Crippen molar-refractivity contribution in [3.63, 3.8) is 0 Å². The maximum Gasteiger partial charge on any atom is 0.151 e. The quantitative estimate of drug-likeness (QED) is 0.703. The molecule has 4 heteroatoms. The molecular formula is C10H14ClN3. The Balaban J connectivity index is 2.16. The van der Waals surface area contributed by atoms with Crippen molar-refractivity contribution >= 4 is 17.4 Å². The van der Waals surface area contributed by atoms with Gasteiger partial charge < -0.3 is 4.90 Å². The van der Waals surface area contributed by atoms with E-state index in [2.05, 4.69) is 22.0 Å². The number of hydrogen-bond donors (Lipinski definition) is 0. The molecule has 0 aromatic carbocycles. The van der Waals surface area contributed by atoms with Gasteiger partial charge in [0.25, 0.3) is 0 Å². The van der Waals surface area contributed by atoms with Gasteiger partial charge in [0.2, 0.25) is 0 Å². The van der Waals surface area contributed by atoms with E-state index in [1.165, 1.54) is 12.8 Å². The summed E-state index contributed by atoms with van der Waals surface area (Å²) < 4.78 is 0. The summed E-state index contributed by atoms with van der Waals surface area (Å²) >= 11 is 5.65. The molecule has 1 unspecified atom stereocenters. The number of rotatable bonds is 2. The maximum absolute atomic E-state index is 5.65. The van der Waals surface area contributed by atoms with E-state index in [-0.39, 0.29) is 0 Å². The average molecular weight is 212 g/mol. The van der Waals surface area contributed by atoms with Gasteiger partial charge in [0, 0.05) is 12.6 Å². The maximum atomic E-state index is 5.65. The first kappa shape index (κ1) is 9.71. The molecule has 0 saturated carbocycles. The Morgan fingerprint density at radius 1 is 1.50 bits per heavy atom. The summed E-state index contributed by atoms with van der Waals surface area (Å²) in [7, 11) is 0. The van der Waals surface area contributed by atoms with Gasteiger partial charge in [-0.05, 0) is 31.9 Å². The van der Waals surface area contributed by atoms with E-state index >= 15 is 0 Å². The number of halogens is 1. The summed E-state index contributed by atoms with van der Waals surface area (Å²) in [6.45, 7) is 3.32. The molecular weight excluding hydrogens is 198 g/mol. The molecule has 0 radical (unpaired) electrons. The van der Waals surface area contributed by atoms with Gasteiger partial charge in [-0.3, -0.25) is 0 Å². The summed E-state index contributed by atoms with van der Waals surface area (Å²) in [6, 6.07) is 4.54. The van der Waals surface area contributed by atoms with E-state index in [0.717, 1.165) is 18.1 Å². The zero-order valence-electron chi connectivity index (χ0n) is 8.28. The van der Waals surface area contributed by atoms with Crippen LogP contribution in [-0.2, 0) is 5.88 Å². The SMILES string of the molecule is CC1CCCN1c1ccc(CCl)nn1. The third-order valence-electron chi connectivity index (χ3n) is 2.69. The van der Waals surface area contributed by atoms with Crippen LogP contribution < -0.4 is 4.90 Å². The summed E-state index contributed by atoms with van der Waals surface area (Å²) in [4.78, 5) is 2.30. The van der Waals surface area contributed by atoms with E-state index < -0.39 is 0 Å². The fourth-order valence-electron chi connectivity index (χ4n) is 1.85. The van der Waals surface area contributed by atoms with Gasteiger partial charge in [0.05, 0.1) is 11.6 Å². The minimum absolute atomic E-state index is 0.433. The highest BCUT2D eigenvalue weighted by atomic mass is 35.5. The second-order valence-electron chi connectivity index (χ2n) is 3.70.